The zero-order valence-corrected chi connectivity index (χ0v) is 27.0. The van der Waals surface area contributed by atoms with Crippen molar-refractivity contribution in [2.45, 2.75) is 47.0 Å². The van der Waals surface area contributed by atoms with Crippen LogP contribution in [-0.2, 0) is 5.41 Å². The SMILES string of the molecule is CN1CN(c2ccc3c4ccccc4n(-c4cccc(C(c5ccccn5)(C(C)(C)C)C(C)(C)C)c4)c3c2)c2ccccc21. The van der Waals surface area contributed by atoms with Crippen LogP contribution in [0.4, 0.5) is 17.1 Å². The van der Waals surface area contributed by atoms with Crippen molar-refractivity contribution >= 4 is 38.9 Å². The molecule has 0 spiro atoms. The molecule has 0 unspecified atom stereocenters. The summed E-state index contributed by atoms with van der Waals surface area (Å²) < 4.78 is 2.46. The molecule has 0 N–H and O–H groups in total. The number of hydrogen-bond donors (Lipinski definition) is 0. The lowest BCUT2D eigenvalue weighted by molar-refractivity contribution is 0.0865. The van der Waals surface area contributed by atoms with E-state index in [0.29, 0.717) is 0 Å². The maximum absolute atomic E-state index is 5.02. The fourth-order valence-electron chi connectivity index (χ4n) is 8.38. The van der Waals surface area contributed by atoms with E-state index >= 15 is 0 Å². The van der Waals surface area contributed by atoms with Crippen molar-refractivity contribution in [3.8, 4) is 5.69 Å². The van der Waals surface area contributed by atoms with E-state index in [1.54, 1.807) is 0 Å². The van der Waals surface area contributed by atoms with E-state index in [2.05, 4.69) is 166 Å². The Balaban J connectivity index is 1.48. The van der Waals surface area contributed by atoms with Crippen LogP contribution in [0.1, 0.15) is 52.8 Å². The highest BCUT2D eigenvalue weighted by atomic mass is 15.4. The summed E-state index contributed by atoms with van der Waals surface area (Å²) in [7, 11) is 2.16. The van der Waals surface area contributed by atoms with Gasteiger partial charge in [0.2, 0.25) is 0 Å². The van der Waals surface area contributed by atoms with Gasteiger partial charge in [0.05, 0.1) is 34.8 Å². The van der Waals surface area contributed by atoms with Crippen LogP contribution in [0.15, 0.2) is 115 Å². The Kier molecular flexibility index (Phi) is 6.40. The molecule has 2 aromatic heterocycles. The molecule has 4 heteroatoms. The minimum Gasteiger partial charge on any atom is -0.355 e. The predicted octanol–water partition coefficient (Wildman–Crippen LogP) is 10.1. The lowest BCUT2D eigenvalue weighted by Gasteiger charge is -2.54. The van der Waals surface area contributed by atoms with Gasteiger partial charge in [0, 0.05) is 40.8 Å². The summed E-state index contributed by atoms with van der Waals surface area (Å²) in [6.07, 6.45) is 1.94. The monoisotopic (exact) mass is 578 g/mol. The van der Waals surface area contributed by atoms with Crippen LogP contribution < -0.4 is 9.80 Å². The van der Waals surface area contributed by atoms with Crippen LogP contribution in [0.25, 0.3) is 27.5 Å². The molecule has 0 amide bonds. The number of anilines is 3. The van der Waals surface area contributed by atoms with E-state index in [1.165, 1.54) is 50.1 Å². The molecule has 7 rings (SSSR count). The third-order valence-corrected chi connectivity index (χ3v) is 9.74. The number of para-hydroxylation sites is 3. The average molecular weight is 579 g/mol. The first kappa shape index (κ1) is 28.2. The summed E-state index contributed by atoms with van der Waals surface area (Å²) in [5.41, 5.74) is 9.12. The predicted molar refractivity (Wildman–Crippen MR) is 187 cm³/mol. The lowest BCUT2D eigenvalue weighted by Crippen LogP contribution is -2.51. The third kappa shape index (κ3) is 4.07. The highest BCUT2D eigenvalue weighted by Crippen LogP contribution is 2.57. The Morgan fingerprint density at radius 1 is 0.591 bits per heavy atom. The largest absolute Gasteiger partial charge is 0.355 e. The van der Waals surface area contributed by atoms with Gasteiger partial charge in [-0.3, -0.25) is 4.98 Å². The first-order valence-corrected chi connectivity index (χ1v) is 15.7. The van der Waals surface area contributed by atoms with Crippen LogP contribution in [0.5, 0.6) is 0 Å². The first-order chi connectivity index (χ1) is 21.0. The molecule has 0 atom stereocenters. The van der Waals surface area contributed by atoms with Crippen molar-refractivity contribution in [2.24, 2.45) is 10.8 Å². The highest BCUT2D eigenvalue weighted by molar-refractivity contribution is 6.10. The molecule has 0 bridgehead atoms. The highest BCUT2D eigenvalue weighted by Gasteiger charge is 2.54. The quantitative estimate of drug-likeness (QED) is 0.208. The fraction of sp³-hybridized carbons (Fsp3) is 0.275. The summed E-state index contributed by atoms with van der Waals surface area (Å²) in [5.74, 6) is 0. The standard InChI is InChI=1S/C40H42N4/c1-38(2,3)40(39(4,5)6,37-21-12-13-24-41-37)28-15-14-16-30(25-28)44-33-18-9-8-17-31(33)32-23-22-29(26-36(32)44)43-27-42(7)34-19-10-11-20-35(34)43/h8-26H,27H2,1-7H3. The summed E-state index contributed by atoms with van der Waals surface area (Å²) in [5, 5.41) is 2.53. The van der Waals surface area contributed by atoms with E-state index in [4.69, 9.17) is 4.98 Å². The van der Waals surface area contributed by atoms with Crippen molar-refractivity contribution in [1.82, 2.24) is 9.55 Å². The second kappa shape index (κ2) is 9.99. The molecule has 1 aliphatic rings. The summed E-state index contributed by atoms with van der Waals surface area (Å²) in [6.45, 7) is 15.0. The minimum atomic E-state index is -0.342. The Hall–Kier alpha value is -4.57. The molecular formula is C40H42N4. The topological polar surface area (TPSA) is 24.3 Å². The molecule has 0 saturated heterocycles. The minimum absolute atomic E-state index is 0.110. The fourth-order valence-corrected chi connectivity index (χ4v) is 8.38. The maximum Gasteiger partial charge on any atom is 0.0950 e. The smallest absolute Gasteiger partial charge is 0.0950 e. The van der Waals surface area contributed by atoms with Crippen LogP contribution in [0.3, 0.4) is 0 Å². The molecule has 4 nitrogen and oxygen atoms in total. The van der Waals surface area contributed by atoms with Gasteiger partial charge in [-0.1, -0.05) is 96.1 Å². The summed E-state index contributed by atoms with van der Waals surface area (Å²) in [6, 6.07) is 40.0. The molecule has 0 radical (unpaired) electrons. The van der Waals surface area contributed by atoms with Gasteiger partial charge in [0.1, 0.15) is 0 Å². The van der Waals surface area contributed by atoms with Crippen molar-refractivity contribution in [3.63, 3.8) is 0 Å². The number of rotatable bonds is 4. The van der Waals surface area contributed by atoms with E-state index in [1.807, 2.05) is 12.3 Å². The molecule has 1 aliphatic heterocycles. The van der Waals surface area contributed by atoms with Gasteiger partial charge in [-0.2, -0.15) is 0 Å². The number of aromatic nitrogens is 2. The zero-order chi connectivity index (χ0) is 30.9. The Labute approximate surface area is 261 Å². The van der Waals surface area contributed by atoms with Gasteiger partial charge in [0.15, 0.2) is 0 Å². The van der Waals surface area contributed by atoms with Crippen molar-refractivity contribution in [1.29, 1.82) is 0 Å². The van der Waals surface area contributed by atoms with Gasteiger partial charge in [-0.25, -0.2) is 0 Å². The van der Waals surface area contributed by atoms with E-state index in [9.17, 15) is 0 Å². The molecular weight excluding hydrogens is 536 g/mol. The summed E-state index contributed by atoms with van der Waals surface area (Å²) in [4.78, 5) is 9.75. The lowest BCUT2D eigenvalue weighted by atomic mass is 9.49. The van der Waals surface area contributed by atoms with Crippen LogP contribution in [0.2, 0.25) is 0 Å². The molecule has 0 saturated carbocycles. The van der Waals surface area contributed by atoms with Gasteiger partial charge in [0.25, 0.3) is 0 Å². The van der Waals surface area contributed by atoms with Crippen LogP contribution in [-0.4, -0.2) is 23.3 Å². The Morgan fingerprint density at radius 3 is 2.00 bits per heavy atom. The number of benzene rings is 4. The number of fused-ring (bicyclic) bond motifs is 4. The first-order valence-electron chi connectivity index (χ1n) is 15.7. The van der Waals surface area contributed by atoms with Crippen LogP contribution >= 0.6 is 0 Å². The van der Waals surface area contributed by atoms with Crippen molar-refractivity contribution in [2.75, 3.05) is 23.5 Å². The van der Waals surface area contributed by atoms with Gasteiger partial charge >= 0.3 is 0 Å². The molecule has 222 valence electrons. The number of pyridine rings is 1. The zero-order valence-electron chi connectivity index (χ0n) is 27.0. The Morgan fingerprint density at radius 2 is 1.27 bits per heavy atom. The number of hydrogen-bond acceptors (Lipinski definition) is 3. The second-order valence-corrected chi connectivity index (χ2v) is 14.3. The van der Waals surface area contributed by atoms with E-state index < -0.39 is 0 Å². The van der Waals surface area contributed by atoms with Crippen molar-refractivity contribution < 1.29 is 0 Å². The summed E-state index contributed by atoms with van der Waals surface area (Å²) >= 11 is 0. The molecule has 6 aromatic rings. The maximum atomic E-state index is 5.02. The van der Waals surface area contributed by atoms with Crippen LogP contribution in [0, 0.1) is 10.8 Å². The number of nitrogens with zero attached hydrogens (tertiary/aromatic N) is 4. The van der Waals surface area contributed by atoms with E-state index in [-0.39, 0.29) is 16.2 Å². The molecule has 44 heavy (non-hydrogen) atoms. The average Bonchev–Trinajstić information content (AvgIpc) is 3.51. The Bertz CT molecular complexity index is 1970. The van der Waals surface area contributed by atoms with Crippen molar-refractivity contribution in [3.05, 3.63) is 127 Å². The second-order valence-electron chi connectivity index (χ2n) is 14.3. The molecule has 0 fully saturated rings. The normalized spacial score (nSPS) is 14.1. The van der Waals surface area contributed by atoms with Gasteiger partial charge in [-0.15, -0.1) is 0 Å². The van der Waals surface area contributed by atoms with E-state index in [0.717, 1.165) is 12.4 Å². The van der Waals surface area contributed by atoms with Gasteiger partial charge in [-0.05, 0) is 71.0 Å². The van der Waals surface area contributed by atoms with Gasteiger partial charge < -0.3 is 14.4 Å². The molecule has 3 heterocycles. The molecule has 4 aromatic carbocycles. The molecule has 0 aliphatic carbocycles. The third-order valence-electron chi connectivity index (χ3n) is 9.74.